The molecule has 2 saturated carbocycles. The van der Waals surface area contributed by atoms with Crippen LogP contribution in [0.15, 0.2) is 12.4 Å². The van der Waals surface area contributed by atoms with E-state index in [1.165, 1.54) is 19.5 Å². The molecule has 1 N–H and O–H groups in total. The molecule has 0 unspecified atom stereocenters. The number of hydrogen-bond donors (Lipinski definition) is 1. The van der Waals surface area contributed by atoms with Crippen molar-refractivity contribution in [1.29, 1.82) is 0 Å². The van der Waals surface area contributed by atoms with Crippen LogP contribution in [0.5, 0.6) is 0 Å². The van der Waals surface area contributed by atoms with E-state index in [0.29, 0.717) is 17.5 Å². The number of hydrogen-bond acceptors (Lipinski definition) is 8. The molecule has 10 nitrogen and oxygen atoms in total. The summed E-state index contributed by atoms with van der Waals surface area (Å²) in [5.41, 5.74) is -0.301. The zero-order valence-electron chi connectivity index (χ0n) is 17.8. The molecule has 0 bridgehead atoms. The Balaban J connectivity index is 1.63. The number of nitrogens with zero attached hydrogens (tertiary/aromatic N) is 5. The van der Waals surface area contributed by atoms with Crippen molar-refractivity contribution in [3.63, 3.8) is 0 Å². The summed E-state index contributed by atoms with van der Waals surface area (Å²) < 4.78 is 42.0. The van der Waals surface area contributed by atoms with Gasteiger partial charge in [0.25, 0.3) is 0 Å². The van der Waals surface area contributed by atoms with Crippen LogP contribution in [0.25, 0.3) is 0 Å². The minimum Gasteiger partial charge on any atom is -0.382 e. The van der Waals surface area contributed by atoms with Gasteiger partial charge in [-0.25, -0.2) is 18.4 Å². The van der Waals surface area contributed by atoms with Gasteiger partial charge in [0.15, 0.2) is 5.82 Å². The van der Waals surface area contributed by atoms with E-state index in [9.17, 15) is 8.42 Å². The van der Waals surface area contributed by atoms with Crippen LogP contribution in [-0.4, -0.2) is 59.2 Å². The molecule has 2 aromatic rings. The fourth-order valence-electron chi connectivity index (χ4n) is 3.97. The van der Waals surface area contributed by atoms with Crippen molar-refractivity contribution in [2.75, 3.05) is 25.5 Å². The van der Waals surface area contributed by atoms with Gasteiger partial charge in [0.2, 0.25) is 16.0 Å². The summed E-state index contributed by atoms with van der Waals surface area (Å²) in [6.45, 7) is 2.03. The summed E-state index contributed by atoms with van der Waals surface area (Å²) in [5, 5.41) is 7.95. The molecule has 31 heavy (non-hydrogen) atoms. The molecule has 12 heteroatoms. The number of nitrogens with one attached hydrogen (secondary N) is 1. The maximum Gasteiger partial charge on any atom is 0.240 e. The van der Waals surface area contributed by atoms with Gasteiger partial charge in [0.05, 0.1) is 17.2 Å². The van der Waals surface area contributed by atoms with E-state index in [1.54, 1.807) is 14.0 Å². The highest BCUT2D eigenvalue weighted by Crippen LogP contribution is 2.49. The fourth-order valence-corrected chi connectivity index (χ4v) is 5.19. The maximum atomic E-state index is 13.3. The lowest BCUT2D eigenvalue weighted by atomic mass is 9.84. The molecule has 0 saturated heterocycles. The predicted molar refractivity (Wildman–Crippen MR) is 114 cm³/mol. The lowest BCUT2D eigenvalue weighted by molar-refractivity contribution is 0.0950. The zero-order chi connectivity index (χ0) is 22.2. The van der Waals surface area contributed by atoms with Crippen LogP contribution in [0.4, 0.5) is 5.95 Å². The Hall–Kier alpha value is -1.82. The Morgan fingerprint density at radius 3 is 2.45 bits per heavy atom. The third-order valence-corrected chi connectivity index (χ3v) is 8.06. The molecule has 2 aromatic heterocycles. The largest absolute Gasteiger partial charge is 0.382 e. The highest BCUT2D eigenvalue weighted by molar-refractivity contribution is 7.93. The molecule has 0 aliphatic heterocycles. The van der Waals surface area contributed by atoms with Gasteiger partial charge in [-0.15, -0.1) is 10.2 Å². The average molecular weight is 471 g/mol. The number of sulfonamides is 1. The molecular formula is C19H27ClN6O4S. The summed E-state index contributed by atoms with van der Waals surface area (Å²) in [6.07, 6.45) is 6.92. The normalized spacial score (nSPS) is 20.1. The number of halogens is 1. The maximum absolute atomic E-state index is 13.3. The fraction of sp³-hybridized carbons (Fsp3) is 0.684. The van der Waals surface area contributed by atoms with Crippen LogP contribution < -0.4 is 4.72 Å². The van der Waals surface area contributed by atoms with E-state index >= 15 is 0 Å². The van der Waals surface area contributed by atoms with Gasteiger partial charge in [-0.05, 0) is 32.6 Å². The van der Waals surface area contributed by atoms with Crippen LogP contribution in [0.1, 0.15) is 62.7 Å². The Morgan fingerprint density at radius 2 is 1.94 bits per heavy atom. The molecule has 0 aromatic carbocycles. The van der Waals surface area contributed by atoms with E-state index in [0.717, 1.165) is 37.9 Å². The zero-order valence-corrected chi connectivity index (χ0v) is 19.4. The van der Waals surface area contributed by atoms with Gasteiger partial charge in [0.1, 0.15) is 17.2 Å². The molecule has 4 rings (SSSR count). The standard InChI is InChI=1S/C19H27ClN6O4S/c1-12(15(30-3)16-21-9-14(20)10-22-16)31(27,28)25-18-24-23-17(13-5-4-6-13)26(18)19(7-8-19)11-29-2/h9-10,12-13,15H,4-8,11H2,1-3H3,(H,24,25)/t12-,15-/m0/s1. The van der Waals surface area contributed by atoms with E-state index in [-0.39, 0.29) is 17.3 Å². The first-order valence-corrected chi connectivity index (χ1v) is 12.2. The Labute approximate surface area is 186 Å². The highest BCUT2D eigenvalue weighted by atomic mass is 35.5. The predicted octanol–water partition coefficient (Wildman–Crippen LogP) is 2.64. The molecule has 0 radical (unpaired) electrons. The van der Waals surface area contributed by atoms with E-state index in [4.69, 9.17) is 21.1 Å². The van der Waals surface area contributed by atoms with Crippen molar-refractivity contribution in [2.45, 2.75) is 61.8 Å². The Morgan fingerprint density at radius 1 is 1.26 bits per heavy atom. The van der Waals surface area contributed by atoms with Crippen molar-refractivity contribution in [2.24, 2.45) is 0 Å². The third-order valence-electron chi connectivity index (χ3n) is 6.17. The van der Waals surface area contributed by atoms with Gasteiger partial charge in [-0.1, -0.05) is 18.0 Å². The highest BCUT2D eigenvalue weighted by Gasteiger charge is 2.49. The number of ether oxygens (including phenoxy) is 2. The first-order valence-electron chi connectivity index (χ1n) is 10.3. The van der Waals surface area contributed by atoms with E-state index < -0.39 is 21.4 Å². The Bertz CT molecular complexity index is 1020. The van der Waals surface area contributed by atoms with Crippen molar-refractivity contribution in [3.8, 4) is 0 Å². The minimum atomic E-state index is -3.91. The molecule has 2 aliphatic rings. The molecule has 170 valence electrons. The topological polar surface area (TPSA) is 121 Å². The molecule has 0 amide bonds. The van der Waals surface area contributed by atoms with Gasteiger partial charge in [-0.2, -0.15) is 0 Å². The minimum absolute atomic E-state index is 0.218. The smallest absolute Gasteiger partial charge is 0.240 e. The monoisotopic (exact) mass is 470 g/mol. The Kier molecular flexibility index (Phi) is 6.21. The summed E-state index contributed by atoms with van der Waals surface area (Å²) in [7, 11) is -0.838. The van der Waals surface area contributed by atoms with Crippen molar-refractivity contribution in [1.82, 2.24) is 24.7 Å². The van der Waals surface area contributed by atoms with Crippen molar-refractivity contribution < 1.29 is 17.9 Å². The van der Waals surface area contributed by atoms with Crippen LogP contribution in [0.3, 0.4) is 0 Å². The molecule has 2 heterocycles. The first kappa shape index (κ1) is 22.4. The van der Waals surface area contributed by atoms with Gasteiger partial charge in [0, 0.05) is 32.5 Å². The second kappa shape index (κ2) is 8.61. The first-order chi connectivity index (χ1) is 14.8. The summed E-state index contributed by atoms with van der Waals surface area (Å²) >= 11 is 5.85. The second-order valence-electron chi connectivity index (χ2n) is 8.27. The van der Waals surface area contributed by atoms with Gasteiger partial charge < -0.3 is 9.47 Å². The SMILES string of the molecule is COCC1(n2c(NS(=O)(=O)[C@@H](C)[C@H](OC)c3ncc(Cl)cn3)nnc2C2CCC2)CC1. The van der Waals surface area contributed by atoms with Crippen LogP contribution in [0, 0.1) is 0 Å². The summed E-state index contributed by atoms with van der Waals surface area (Å²) in [5.74, 6) is 1.58. The van der Waals surface area contributed by atoms with Crippen LogP contribution >= 0.6 is 11.6 Å². The summed E-state index contributed by atoms with van der Waals surface area (Å²) in [6, 6.07) is 0. The molecular weight excluding hydrogens is 444 g/mol. The average Bonchev–Trinajstić information content (AvgIpc) is 3.36. The van der Waals surface area contributed by atoms with Crippen molar-refractivity contribution >= 4 is 27.6 Å². The van der Waals surface area contributed by atoms with E-state index in [1.807, 2.05) is 4.57 Å². The molecule has 0 spiro atoms. The van der Waals surface area contributed by atoms with Crippen LogP contribution in [-0.2, 0) is 25.0 Å². The van der Waals surface area contributed by atoms with Gasteiger partial charge in [-0.3, -0.25) is 9.29 Å². The molecule has 2 atom stereocenters. The third kappa shape index (κ3) is 4.28. The van der Waals surface area contributed by atoms with Crippen molar-refractivity contribution in [3.05, 3.63) is 29.1 Å². The van der Waals surface area contributed by atoms with Gasteiger partial charge >= 0.3 is 0 Å². The molecule has 2 fully saturated rings. The lowest BCUT2D eigenvalue weighted by Gasteiger charge is -2.29. The number of aromatic nitrogens is 5. The van der Waals surface area contributed by atoms with E-state index in [2.05, 4.69) is 24.9 Å². The number of methoxy groups -OCH3 is 2. The van der Waals surface area contributed by atoms with Crippen LogP contribution in [0.2, 0.25) is 5.02 Å². The second-order valence-corrected chi connectivity index (χ2v) is 10.7. The lowest BCUT2D eigenvalue weighted by Crippen LogP contribution is -2.35. The quantitative estimate of drug-likeness (QED) is 0.562. The number of rotatable bonds is 10. The summed E-state index contributed by atoms with van der Waals surface area (Å²) in [4.78, 5) is 8.24. The molecule has 2 aliphatic carbocycles. The number of anilines is 1.